The van der Waals surface area contributed by atoms with Gasteiger partial charge in [-0.05, 0) is 30.2 Å². The SMILES string of the molecule is CC1(C(N)Cc2cncnc2)CC1. The molecule has 0 radical (unpaired) electrons. The fourth-order valence-electron chi connectivity index (χ4n) is 1.50. The van der Waals surface area contributed by atoms with Crippen LogP contribution in [0.15, 0.2) is 18.7 Å². The fourth-order valence-corrected chi connectivity index (χ4v) is 1.50. The molecule has 1 fully saturated rings. The minimum Gasteiger partial charge on any atom is -0.327 e. The normalized spacial score (nSPS) is 21.1. The summed E-state index contributed by atoms with van der Waals surface area (Å²) in [5.41, 5.74) is 7.62. The van der Waals surface area contributed by atoms with Crippen LogP contribution in [0.25, 0.3) is 0 Å². The Kier molecular flexibility index (Phi) is 2.04. The summed E-state index contributed by atoms with van der Waals surface area (Å²) in [5, 5.41) is 0. The zero-order valence-corrected chi connectivity index (χ0v) is 7.90. The summed E-state index contributed by atoms with van der Waals surface area (Å²) in [5.74, 6) is 0. The van der Waals surface area contributed by atoms with Gasteiger partial charge in [0.05, 0.1) is 0 Å². The summed E-state index contributed by atoms with van der Waals surface area (Å²) < 4.78 is 0. The molecular formula is C10H15N3. The van der Waals surface area contributed by atoms with Gasteiger partial charge in [0.15, 0.2) is 0 Å². The average Bonchev–Trinajstić information content (AvgIpc) is 2.87. The van der Waals surface area contributed by atoms with Crippen LogP contribution in [-0.4, -0.2) is 16.0 Å². The third kappa shape index (κ3) is 1.86. The highest BCUT2D eigenvalue weighted by Crippen LogP contribution is 2.47. The maximum atomic E-state index is 6.09. The molecule has 0 aromatic carbocycles. The number of rotatable bonds is 3. The van der Waals surface area contributed by atoms with E-state index in [4.69, 9.17) is 5.73 Å². The molecule has 3 nitrogen and oxygen atoms in total. The molecule has 1 aliphatic carbocycles. The molecule has 1 atom stereocenters. The summed E-state index contributed by atoms with van der Waals surface area (Å²) in [6, 6.07) is 0.262. The molecule has 1 aromatic heterocycles. The summed E-state index contributed by atoms with van der Waals surface area (Å²) in [4.78, 5) is 7.95. The van der Waals surface area contributed by atoms with Gasteiger partial charge in [-0.25, -0.2) is 9.97 Å². The number of nitrogens with two attached hydrogens (primary N) is 1. The van der Waals surface area contributed by atoms with E-state index >= 15 is 0 Å². The number of hydrogen-bond donors (Lipinski definition) is 1. The standard InChI is InChI=1S/C10H15N3/c1-10(2-3-10)9(11)4-8-5-12-7-13-6-8/h5-7,9H,2-4,11H2,1H3. The Bertz CT molecular complexity index is 279. The number of hydrogen-bond acceptors (Lipinski definition) is 3. The molecule has 0 spiro atoms. The van der Waals surface area contributed by atoms with Crippen LogP contribution in [0.5, 0.6) is 0 Å². The Balaban J connectivity index is 1.98. The van der Waals surface area contributed by atoms with Crippen molar-refractivity contribution in [3.8, 4) is 0 Å². The molecule has 1 unspecified atom stereocenters. The molecule has 70 valence electrons. The highest BCUT2D eigenvalue weighted by atomic mass is 14.8. The first-order valence-electron chi connectivity index (χ1n) is 4.70. The maximum Gasteiger partial charge on any atom is 0.115 e. The van der Waals surface area contributed by atoms with Crippen molar-refractivity contribution in [2.45, 2.75) is 32.2 Å². The first-order chi connectivity index (χ1) is 6.21. The highest BCUT2D eigenvalue weighted by Gasteiger charge is 2.42. The second kappa shape index (κ2) is 3.07. The maximum absolute atomic E-state index is 6.09. The third-order valence-corrected chi connectivity index (χ3v) is 3.00. The van der Waals surface area contributed by atoms with Gasteiger partial charge < -0.3 is 5.73 Å². The largest absolute Gasteiger partial charge is 0.327 e. The lowest BCUT2D eigenvalue weighted by Crippen LogP contribution is -2.31. The molecular weight excluding hydrogens is 162 g/mol. The molecule has 1 aromatic rings. The van der Waals surface area contributed by atoms with E-state index in [9.17, 15) is 0 Å². The topological polar surface area (TPSA) is 51.8 Å². The molecule has 2 N–H and O–H groups in total. The van der Waals surface area contributed by atoms with Crippen LogP contribution in [0.4, 0.5) is 0 Å². The molecule has 0 amide bonds. The Morgan fingerprint density at radius 1 is 1.46 bits per heavy atom. The molecule has 1 heterocycles. The molecule has 1 saturated carbocycles. The van der Waals surface area contributed by atoms with E-state index in [2.05, 4.69) is 16.9 Å². The van der Waals surface area contributed by atoms with Crippen molar-refractivity contribution in [1.29, 1.82) is 0 Å². The second-order valence-corrected chi connectivity index (χ2v) is 4.21. The zero-order chi connectivity index (χ0) is 9.31. The average molecular weight is 177 g/mol. The first kappa shape index (κ1) is 8.63. The van der Waals surface area contributed by atoms with Crippen LogP contribution in [-0.2, 0) is 6.42 Å². The van der Waals surface area contributed by atoms with Crippen molar-refractivity contribution in [1.82, 2.24) is 9.97 Å². The second-order valence-electron chi connectivity index (χ2n) is 4.21. The van der Waals surface area contributed by atoms with Gasteiger partial charge in [0.1, 0.15) is 6.33 Å². The molecule has 2 rings (SSSR count). The van der Waals surface area contributed by atoms with Gasteiger partial charge in [0, 0.05) is 18.4 Å². The number of aromatic nitrogens is 2. The van der Waals surface area contributed by atoms with E-state index in [-0.39, 0.29) is 6.04 Å². The highest BCUT2D eigenvalue weighted by molar-refractivity contribution is 5.09. The van der Waals surface area contributed by atoms with Crippen LogP contribution in [0.2, 0.25) is 0 Å². The Morgan fingerprint density at radius 3 is 2.62 bits per heavy atom. The van der Waals surface area contributed by atoms with Crippen molar-refractivity contribution in [3.05, 3.63) is 24.3 Å². The van der Waals surface area contributed by atoms with E-state index in [1.807, 2.05) is 12.4 Å². The van der Waals surface area contributed by atoms with Crippen molar-refractivity contribution >= 4 is 0 Å². The monoisotopic (exact) mass is 177 g/mol. The molecule has 1 aliphatic rings. The van der Waals surface area contributed by atoms with Crippen molar-refractivity contribution < 1.29 is 0 Å². The molecule has 13 heavy (non-hydrogen) atoms. The predicted octanol–water partition coefficient (Wildman–Crippen LogP) is 1.15. The van der Waals surface area contributed by atoms with E-state index in [1.165, 1.54) is 12.8 Å². The number of nitrogens with zero attached hydrogens (tertiary/aromatic N) is 2. The summed E-state index contributed by atoms with van der Waals surface area (Å²) in [6.07, 6.45) is 8.67. The fraction of sp³-hybridized carbons (Fsp3) is 0.600. The van der Waals surface area contributed by atoms with Crippen molar-refractivity contribution in [2.75, 3.05) is 0 Å². The van der Waals surface area contributed by atoms with Gasteiger partial charge in [-0.3, -0.25) is 0 Å². The minimum absolute atomic E-state index is 0.262. The van der Waals surface area contributed by atoms with Gasteiger partial charge in [-0.1, -0.05) is 6.92 Å². The van der Waals surface area contributed by atoms with Crippen LogP contribution in [0.3, 0.4) is 0 Å². The van der Waals surface area contributed by atoms with Gasteiger partial charge >= 0.3 is 0 Å². The molecule has 0 saturated heterocycles. The lowest BCUT2D eigenvalue weighted by Gasteiger charge is -2.17. The summed E-state index contributed by atoms with van der Waals surface area (Å²) in [6.45, 7) is 2.25. The van der Waals surface area contributed by atoms with Crippen LogP contribution < -0.4 is 5.73 Å². The summed E-state index contributed by atoms with van der Waals surface area (Å²) in [7, 11) is 0. The van der Waals surface area contributed by atoms with Crippen LogP contribution >= 0.6 is 0 Å². The Hall–Kier alpha value is -0.960. The van der Waals surface area contributed by atoms with E-state index in [0.717, 1.165) is 12.0 Å². The van der Waals surface area contributed by atoms with Crippen LogP contribution in [0.1, 0.15) is 25.3 Å². The lowest BCUT2D eigenvalue weighted by molar-refractivity contribution is 0.432. The van der Waals surface area contributed by atoms with Crippen molar-refractivity contribution in [2.24, 2.45) is 11.1 Å². The molecule has 3 heteroatoms. The van der Waals surface area contributed by atoms with E-state index in [1.54, 1.807) is 6.33 Å². The zero-order valence-electron chi connectivity index (χ0n) is 7.90. The third-order valence-electron chi connectivity index (χ3n) is 3.00. The first-order valence-corrected chi connectivity index (χ1v) is 4.70. The van der Waals surface area contributed by atoms with Crippen LogP contribution in [0, 0.1) is 5.41 Å². The van der Waals surface area contributed by atoms with Gasteiger partial charge in [0.25, 0.3) is 0 Å². The predicted molar refractivity (Wildman–Crippen MR) is 51.1 cm³/mol. The Morgan fingerprint density at radius 2 is 2.08 bits per heavy atom. The molecule has 0 bridgehead atoms. The van der Waals surface area contributed by atoms with Gasteiger partial charge in [-0.2, -0.15) is 0 Å². The minimum atomic E-state index is 0.262. The Labute approximate surface area is 78.4 Å². The van der Waals surface area contributed by atoms with E-state index < -0.39 is 0 Å². The van der Waals surface area contributed by atoms with Crippen molar-refractivity contribution in [3.63, 3.8) is 0 Å². The quantitative estimate of drug-likeness (QED) is 0.753. The van der Waals surface area contributed by atoms with E-state index in [0.29, 0.717) is 5.41 Å². The van der Waals surface area contributed by atoms with Gasteiger partial charge in [0.2, 0.25) is 0 Å². The smallest absolute Gasteiger partial charge is 0.115 e. The lowest BCUT2D eigenvalue weighted by atomic mass is 9.94. The van der Waals surface area contributed by atoms with Gasteiger partial charge in [-0.15, -0.1) is 0 Å². The summed E-state index contributed by atoms with van der Waals surface area (Å²) >= 11 is 0. The molecule has 0 aliphatic heterocycles.